The number of hydrogen-bond donors (Lipinski definition) is 2. The van der Waals surface area contributed by atoms with Crippen LogP contribution in [-0.2, 0) is 6.54 Å². The average molecular weight is 309 g/mol. The molecule has 0 bridgehead atoms. The number of aromatic nitrogens is 1. The van der Waals surface area contributed by atoms with Crippen molar-refractivity contribution in [2.75, 3.05) is 5.75 Å². The lowest BCUT2D eigenvalue weighted by molar-refractivity contribution is 0.521. The number of halogens is 1. The average Bonchev–Trinajstić information content (AvgIpc) is 3.03. The molecule has 2 N–H and O–H groups in total. The van der Waals surface area contributed by atoms with Crippen molar-refractivity contribution in [3.05, 3.63) is 35.0 Å². The number of rotatable bonds is 5. The van der Waals surface area contributed by atoms with E-state index < -0.39 is 0 Å². The molecule has 2 atom stereocenters. The molecular formula is C16H21ClN2S. The Kier molecular flexibility index (Phi) is 4.59. The second kappa shape index (κ2) is 6.42. The SMILES string of the molecule is CCSC1CCC(NCc2[nH]c3ccccc3c2Cl)C1. The van der Waals surface area contributed by atoms with Crippen LogP contribution in [0, 0.1) is 0 Å². The number of aromatic amines is 1. The van der Waals surface area contributed by atoms with Crippen molar-refractivity contribution in [2.24, 2.45) is 0 Å². The molecule has 108 valence electrons. The predicted molar refractivity (Wildman–Crippen MR) is 89.7 cm³/mol. The lowest BCUT2D eigenvalue weighted by Crippen LogP contribution is -2.26. The van der Waals surface area contributed by atoms with Gasteiger partial charge in [-0.05, 0) is 31.1 Å². The van der Waals surface area contributed by atoms with Gasteiger partial charge in [0.2, 0.25) is 0 Å². The molecule has 4 heteroatoms. The van der Waals surface area contributed by atoms with E-state index in [9.17, 15) is 0 Å². The Morgan fingerprint density at radius 3 is 3.00 bits per heavy atom. The molecule has 0 saturated heterocycles. The number of benzene rings is 1. The summed E-state index contributed by atoms with van der Waals surface area (Å²) in [5, 5.41) is 6.49. The van der Waals surface area contributed by atoms with Gasteiger partial charge in [-0.1, -0.05) is 36.7 Å². The Balaban J connectivity index is 1.62. The van der Waals surface area contributed by atoms with Gasteiger partial charge in [0.25, 0.3) is 0 Å². The molecule has 2 nitrogen and oxygen atoms in total. The second-order valence-corrected chi connectivity index (χ2v) is 7.39. The van der Waals surface area contributed by atoms with Gasteiger partial charge in [0.05, 0.1) is 5.02 Å². The first-order valence-electron chi connectivity index (χ1n) is 7.38. The Morgan fingerprint density at radius 2 is 2.20 bits per heavy atom. The van der Waals surface area contributed by atoms with Crippen molar-refractivity contribution < 1.29 is 0 Å². The zero-order valence-electron chi connectivity index (χ0n) is 11.8. The molecule has 1 fully saturated rings. The van der Waals surface area contributed by atoms with Gasteiger partial charge in [-0.25, -0.2) is 0 Å². The van der Waals surface area contributed by atoms with E-state index in [1.54, 1.807) is 0 Å². The minimum atomic E-state index is 0.640. The van der Waals surface area contributed by atoms with Crippen LogP contribution in [0.3, 0.4) is 0 Å². The first-order chi connectivity index (χ1) is 9.78. The highest BCUT2D eigenvalue weighted by Crippen LogP contribution is 2.31. The second-order valence-electron chi connectivity index (χ2n) is 5.43. The molecule has 2 aromatic rings. The fraction of sp³-hybridized carbons (Fsp3) is 0.500. The zero-order chi connectivity index (χ0) is 13.9. The van der Waals surface area contributed by atoms with Crippen LogP contribution in [0.5, 0.6) is 0 Å². The van der Waals surface area contributed by atoms with E-state index in [4.69, 9.17) is 11.6 Å². The standard InChI is InChI=1S/C16H21ClN2S/c1-2-20-12-8-7-11(9-12)18-10-15-16(17)13-5-3-4-6-14(13)19-15/h3-6,11-12,18-19H,2,7-10H2,1H3. The molecule has 3 rings (SSSR count). The number of para-hydroxylation sites is 1. The fourth-order valence-electron chi connectivity index (χ4n) is 3.04. The lowest BCUT2D eigenvalue weighted by Gasteiger charge is -2.12. The molecule has 20 heavy (non-hydrogen) atoms. The Hall–Kier alpha value is -0.640. The molecule has 0 amide bonds. The van der Waals surface area contributed by atoms with E-state index >= 15 is 0 Å². The molecule has 0 radical (unpaired) electrons. The number of hydrogen-bond acceptors (Lipinski definition) is 2. The molecular weight excluding hydrogens is 288 g/mol. The van der Waals surface area contributed by atoms with Crippen LogP contribution in [-0.4, -0.2) is 22.0 Å². The van der Waals surface area contributed by atoms with Gasteiger partial charge < -0.3 is 10.3 Å². The van der Waals surface area contributed by atoms with E-state index in [1.807, 2.05) is 12.1 Å². The summed E-state index contributed by atoms with van der Waals surface area (Å²) in [4.78, 5) is 3.42. The van der Waals surface area contributed by atoms with Crippen LogP contribution >= 0.6 is 23.4 Å². The highest BCUT2D eigenvalue weighted by atomic mass is 35.5. The van der Waals surface area contributed by atoms with Gasteiger partial charge in [-0.15, -0.1) is 0 Å². The van der Waals surface area contributed by atoms with Crippen molar-refractivity contribution in [3.63, 3.8) is 0 Å². The molecule has 1 heterocycles. The molecule has 1 aromatic heterocycles. The monoisotopic (exact) mass is 308 g/mol. The maximum absolute atomic E-state index is 6.45. The summed E-state index contributed by atoms with van der Waals surface area (Å²) in [5.74, 6) is 1.23. The highest BCUT2D eigenvalue weighted by Gasteiger charge is 2.24. The molecule has 1 aliphatic carbocycles. The summed E-state index contributed by atoms with van der Waals surface area (Å²) in [7, 11) is 0. The van der Waals surface area contributed by atoms with Crippen molar-refractivity contribution in [2.45, 2.75) is 44.0 Å². The van der Waals surface area contributed by atoms with Gasteiger partial charge in [-0.2, -0.15) is 11.8 Å². The van der Waals surface area contributed by atoms with Gasteiger partial charge in [-0.3, -0.25) is 0 Å². The zero-order valence-corrected chi connectivity index (χ0v) is 13.4. The fourth-order valence-corrected chi connectivity index (χ4v) is 4.47. The molecule has 0 spiro atoms. The number of fused-ring (bicyclic) bond motifs is 1. The van der Waals surface area contributed by atoms with Crippen molar-refractivity contribution >= 4 is 34.3 Å². The quantitative estimate of drug-likeness (QED) is 0.846. The first-order valence-corrected chi connectivity index (χ1v) is 8.80. The summed E-state index contributed by atoms with van der Waals surface area (Å²) in [6, 6.07) is 8.86. The highest BCUT2D eigenvalue weighted by molar-refractivity contribution is 7.99. The molecule has 2 unspecified atom stereocenters. The van der Waals surface area contributed by atoms with Gasteiger partial charge in [0.15, 0.2) is 0 Å². The van der Waals surface area contributed by atoms with Crippen molar-refractivity contribution in [1.82, 2.24) is 10.3 Å². The van der Waals surface area contributed by atoms with Crippen LogP contribution in [0.15, 0.2) is 24.3 Å². The number of H-pyrrole nitrogens is 1. The van der Waals surface area contributed by atoms with Gasteiger partial charge in [0, 0.05) is 34.4 Å². The summed E-state index contributed by atoms with van der Waals surface area (Å²) in [6.07, 6.45) is 3.92. The van der Waals surface area contributed by atoms with E-state index in [0.717, 1.165) is 33.4 Å². The maximum Gasteiger partial charge on any atom is 0.0705 e. The Morgan fingerprint density at radius 1 is 1.35 bits per heavy atom. The van der Waals surface area contributed by atoms with Crippen molar-refractivity contribution in [1.29, 1.82) is 0 Å². The van der Waals surface area contributed by atoms with E-state index in [-0.39, 0.29) is 0 Å². The Bertz CT molecular complexity index is 581. The summed E-state index contributed by atoms with van der Waals surface area (Å²) in [6.45, 7) is 3.08. The van der Waals surface area contributed by atoms with E-state index in [0.29, 0.717) is 6.04 Å². The summed E-state index contributed by atoms with van der Waals surface area (Å²) < 4.78 is 0. The normalized spacial score (nSPS) is 22.7. The van der Waals surface area contributed by atoms with Crippen LogP contribution < -0.4 is 5.32 Å². The first kappa shape index (κ1) is 14.3. The van der Waals surface area contributed by atoms with Crippen LogP contribution in [0.1, 0.15) is 31.9 Å². The molecule has 1 aromatic carbocycles. The van der Waals surface area contributed by atoms with E-state index in [1.165, 1.54) is 25.0 Å². The third kappa shape index (κ3) is 3.00. The number of nitrogens with one attached hydrogen (secondary N) is 2. The van der Waals surface area contributed by atoms with Crippen LogP contribution in [0.2, 0.25) is 5.02 Å². The lowest BCUT2D eigenvalue weighted by atomic mass is 10.2. The van der Waals surface area contributed by atoms with Gasteiger partial charge >= 0.3 is 0 Å². The third-order valence-electron chi connectivity index (χ3n) is 4.07. The van der Waals surface area contributed by atoms with Crippen LogP contribution in [0.4, 0.5) is 0 Å². The minimum absolute atomic E-state index is 0.640. The topological polar surface area (TPSA) is 27.8 Å². The van der Waals surface area contributed by atoms with Crippen molar-refractivity contribution in [3.8, 4) is 0 Å². The molecule has 0 aliphatic heterocycles. The van der Waals surface area contributed by atoms with E-state index in [2.05, 4.69) is 41.1 Å². The smallest absolute Gasteiger partial charge is 0.0705 e. The van der Waals surface area contributed by atoms with Crippen LogP contribution in [0.25, 0.3) is 10.9 Å². The summed E-state index contributed by atoms with van der Waals surface area (Å²) in [5.41, 5.74) is 2.24. The largest absolute Gasteiger partial charge is 0.356 e. The summed E-state index contributed by atoms with van der Waals surface area (Å²) >= 11 is 8.54. The predicted octanol–water partition coefficient (Wildman–Crippen LogP) is 4.59. The Labute approximate surface area is 129 Å². The third-order valence-corrected chi connectivity index (χ3v) is 5.73. The molecule has 1 saturated carbocycles. The maximum atomic E-state index is 6.45. The number of thioether (sulfide) groups is 1. The van der Waals surface area contributed by atoms with Gasteiger partial charge in [0.1, 0.15) is 0 Å². The minimum Gasteiger partial charge on any atom is -0.356 e. The molecule has 1 aliphatic rings.